The molecular formula is C21H14BF2NO. The standard InChI is InChI=1S/C21H14BF2NO/c23-18-9-2-7-16(13-18)22(17-8-3-10-19(24)14-17)26-20-11-1-5-15-6-4-12-25-21(15)20/h1-14H. The summed E-state index contributed by atoms with van der Waals surface area (Å²) < 4.78 is 33.8. The van der Waals surface area contributed by atoms with E-state index in [0.29, 0.717) is 22.2 Å². The summed E-state index contributed by atoms with van der Waals surface area (Å²) in [5.41, 5.74) is 1.90. The van der Waals surface area contributed by atoms with E-state index in [1.54, 1.807) is 36.5 Å². The average Bonchev–Trinajstić information content (AvgIpc) is 2.66. The third kappa shape index (κ3) is 3.29. The summed E-state index contributed by atoms with van der Waals surface area (Å²) in [7, 11) is 0. The number of halogens is 2. The Balaban J connectivity index is 1.83. The molecule has 0 saturated heterocycles. The molecule has 0 aliphatic carbocycles. The van der Waals surface area contributed by atoms with E-state index in [1.165, 1.54) is 24.3 Å². The van der Waals surface area contributed by atoms with E-state index < -0.39 is 6.92 Å². The highest BCUT2D eigenvalue weighted by molar-refractivity contribution is 6.80. The van der Waals surface area contributed by atoms with Gasteiger partial charge in [0.1, 0.15) is 22.9 Å². The van der Waals surface area contributed by atoms with Gasteiger partial charge in [0.2, 0.25) is 0 Å². The summed E-state index contributed by atoms with van der Waals surface area (Å²) in [6.07, 6.45) is 1.69. The molecule has 1 aromatic heterocycles. The van der Waals surface area contributed by atoms with Gasteiger partial charge in [0.05, 0.1) is 0 Å². The van der Waals surface area contributed by atoms with Gasteiger partial charge >= 0.3 is 6.92 Å². The highest BCUT2D eigenvalue weighted by Gasteiger charge is 2.25. The van der Waals surface area contributed by atoms with E-state index >= 15 is 0 Å². The molecule has 3 aromatic carbocycles. The van der Waals surface area contributed by atoms with Crippen LogP contribution in [0.5, 0.6) is 5.75 Å². The maximum atomic E-state index is 13.8. The number of hydrogen-bond acceptors (Lipinski definition) is 2. The van der Waals surface area contributed by atoms with E-state index in [4.69, 9.17) is 4.65 Å². The van der Waals surface area contributed by atoms with Gasteiger partial charge in [-0.15, -0.1) is 0 Å². The predicted octanol–water partition coefficient (Wildman–Crippen LogP) is 3.70. The van der Waals surface area contributed by atoms with E-state index in [-0.39, 0.29) is 11.6 Å². The van der Waals surface area contributed by atoms with Crippen molar-refractivity contribution in [3.8, 4) is 5.75 Å². The maximum absolute atomic E-state index is 13.8. The molecular weight excluding hydrogens is 331 g/mol. The molecule has 0 aliphatic heterocycles. The zero-order chi connectivity index (χ0) is 17.9. The van der Waals surface area contributed by atoms with Crippen LogP contribution < -0.4 is 15.6 Å². The van der Waals surface area contributed by atoms with E-state index in [2.05, 4.69) is 4.98 Å². The minimum atomic E-state index is -0.658. The van der Waals surface area contributed by atoms with Crippen molar-refractivity contribution in [3.05, 3.63) is 96.7 Å². The zero-order valence-corrected chi connectivity index (χ0v) is 13.8. The molecule has 0 bridgehead atoms. The number of fused-ring (bicyclic) bond motifs is 1. The first kappa shape index (κ1) is 16.3. The van der Waals surface area contributed by atoms with Crippen LogP contribution >= 0.6 is 0 Å². The molecule has 1 heterocycles. The van der Waals surface area contributed by atoms with Crippen LogP contribution in [-0.4, -0.2) is 11.9 Å². The zero-order valence-electron chi connectivity index (χ0n) is 13.8. The lowest BCUT2D eigenvalue weighted by atomic mass is 9.55. The minimum Gasteiger partial charge on any atom is -0.550 e. The van der Waals surface area contributed by atoms with Crippen molar-refractivity contribution in [2.24, 2.45) is 0 Å². The first-order valence-corrected chi connectivity index (χ1v) is 8.22. The molecule has 0 fully saturated rings. The van der Waals surface area contributed by atoms with Gasteiger partial charge in [-0.25, -0.2) is 8.78 Å². The Morgan fingerprint density at radius 1 is 0.731 bits per heavy atom. The molecule has 0 spiro atoms. The van der Waals surface area contributed by atoms with Crippen LogP contribution in [0.3, 0.4) is 0 Å². The summed E-state index contributed by atoms with van der Waals surface area (Å²) in [6, 6.07) is 21.7. The first-order valence-electron chi connectivity index (χ1n) is 8.22. The smallest absolute Gasteiger partial charge is 0.426 e. The predicted molar refractivity (Wildman–Crippen MR) is 100 cm³/mol. The van der Waals surface area contributed by atoms with Gasteiger partial charge in [-0.1, -0.05) is 42.5 Å². The van der Waals surface area contributed by atoms with Crippen molar-refractivity contribution in [2.45, 2.75) is 0 Å². The van der Waals surface area contributed by atoms with Gasteiger partial charge in [-0.2, -0.15) is 0 Å². The summed E-state index contributed by atoms with van der Waals surface area (Å²) in [6.45, 7) is -0.658. The molecule has 0 unspecified atom stereocenters. The normalized spacial score (nSPS) is 10.7. The number of benzene rings is 3. The Hall–Kier alpha value is -3.21. The number of aromatic nitrogens is 1. The second-order valence-corrected chi connectivity index (χ2v) is 5.94. The third-order valence-electron chi connectivity index (χ3n) is 4.14. The van der Waals surface area contributed by atoms with Gasteiger partial charge in [-0.3, -0.25) is 4.98 Å². The lowest BCUT2D eigenvalue weighted by Crippen LogP contribution is -2.48. The first-order chi connectivity index (χ1) is 12.7. The van der Waals surface area contributed by atoms with Gasteiger partial charge in [0, 0.05) is 11.6 Å². The number of nitrogens with zero attached hydrogens (tertiary/aromatic N) is 1. The van der Waals surface area contributed by atoms with Crippen LogP contribution in [0.15, 0.2) is 85.1 Å². The fraction of sp³-hybridized carbons (Fsp3) is 0. The summed E-state index contributed by atoms with van der Waals surface area (Å²) >= 11 is 0. The molecule has 2 nitrogen and oxygen atoms in total. The Labute approximate surface area is 150 Å². The third-order valence-corrected chi connectivity index (χ3v) is 4.14. The van der Waals surface area contributed by atoms with Crippen molar-refractivity contribution >= 4 is 28.7 Å². The highest BCUT2D eigenvalue weighted by Crippen LogP contribution is 2.23. The van der Waals surface area contributed by atoms with Crippen LogP contribution in [0.1, 0.15) is 0 Å². The number of para-hydroxylation sites is 1. The fourth-order valence-electron chi connectivity index (χ4n) is 2.97. The summed E-state index contributed by atoms with van der Waals surface area (Å²) in [5, 5.41) is 0.933. The van der Waals surface area contributed by atoms with Gasteiger partial charge < -0.3 is 4.65 Å². The van der Waals surface area contributed by atoms with Crippen molar-refractivity contribution in [2.75, 3.05) is 0 Å². The average molecular weight is 345 g/mol. The largest absolute Gasteiger partial charge is 0.550 e. The number of hydrogen-bond donors (Lipinski definition) is 0. The van der Waals surface area contributed by atoms with Crippen molar-refractivity contribution < 1.29 is 13.4 Å². The molecule has 0 amide bonds. The van der Waals surface area contributed by atoms with E-state index in [9.17, 15) is 8.78 Å². The molecule has 4 rings (SSSR count). The van der Waals surface area contributed by atoms with Crippen LogP contribution in [0.2, 0.25) is 0 Å². The van der Waals surface area contributed by atoms with E-state index in [0.717, 1.165) is 5.39 Å². The molecule has 126 valence electrons. The van der Waals surface area contributed by atoms with Crippen molar-refractivity contribution in [1.29, 1.82) is 0 Å². The summed E-state index contributed by atoms with van der Waals surface area (Å²) in [4.78, 5) is 4.38. The molecule has 4 aromatic rings. The van der Waals surface area contributed by atoms with Crippen LogP contribution in [0, 0.1) is 11.6 Å². The van der Waals surface area contributed by atoms with Gasteiger partial charge in [0.25, 0.3) is 0 Å². The maximum Gasteiger partial charge on any atom is 0.426 e. The Morgan fingerprint density at radius 2 is 1.35 bits per heavy atom. The van der Waals surface area contributed by atoms with Crippen molar-refractivity contribution in [3.63, 3.8) is 0 Å². The van der Waals surface area contributed by atoms with E-state index in [1.807, 2.05) is 24.3 Å². The quantitative estimate of drug-likeness (QED) is 0.526. The lowest BCUT2D eigenvalue weighted by Gasteiger charge is -2.18. The molecule has 26 heavy (non-hydrogen) atoms. The Bertz CT molecular complexity index is 1020. The fourth-order valence-corrected chi connectivity index (χ4v) is 2.97. The second kappa shape index (κ2) is 6.96. The van der Waals surface area contributed by atoms with Crippen molar-refractivity contribution in [1.82, 2.24) is 4.98 Å². The molecule has 0 radical (unpaired) electrons. The molecule has 0 N–H and O–H groups in total. The van der Waals surface area contributed by atoms with Crippen LogP contribution in [0.4, 0.5) is 8.78 Å². The Kier molecular flexibility index (Phi) is 4.36. The lowest BCUT2D eigenvalue weighted by molar-refractivity contribution is 0.593. The monoisotopic (exact) mass is 345 g/mol. The van der Waals surface area contributed by atoms with Gasteiger partial charge in [0.15, 0.2) is 0 Å². The van der Waals surface area contributed by atoms with Crippen LogP contribution in [-0.2, 0) is 0 Å². The topological polar surface area (TPSA) is 22.1 Å². The highest BCUT2D eigenvalue weighted by atomic mass is 19.1. The minimum absolute atomic E-state index is 0.372. The summed E-state index contributed by atoms with van der Waals surface area (Å²) in [5.74, 6) is -0.186. The Morgan fingerprint density at radius 3 is 2.00 bits per heavy atom. The van der Waals surface area contributed by atoms with Gasteiger partial charge in [-0.05, 0) is 47.3 Å². The number of rotatable bonds is 4. The molecule has 0 saturated carbocycles. The second-order valence-electron chi connectivity index (χ2n) is 5.94. The van der Waals surface area contributed by atoms with Crippen LogP contribution in [0.25, 0.3) is 10.9 Å². The molecule has 0 atom stereocenters. The SMILES string of the molecule is Fc1cccc(B(Oc2cccc3cccnc23)c2cccc(F)c2)c1. The molecule has 5 heteroatoms. The number of pyridine rings is 1. The molecule has 0 aliphatic rings.